The van der Waals surface area contributed by atoms with E-state index in [2.05, 4.69) is 9.47 Å². The maximum absolute atomic E-state index is 12.6. The number of carbonyl (C=O) groups excluding carboxylic acids is 5. The second-order valence-electron chi connectivity index (χ2n) is 8.12. The Bertz CT molecular complexity index is 1300. The minimum Gasteiger partial charge on any atom is -0.478 e. The second-order valence-corrected chi connectivity index (χ2v) is 8.12. The van der Waals surface area contributed by atoms with Crippen LogP contribution in [0.5, 0.6) is 0 Å². The molecule has 0 fully saturated rings. The molecule has 0 amide bonds. The summed E-state index contributed by atoms with van der Waals surface area (Å²) in [5.41, 5.74) is -0.798. The summed E-state index contributed by atoms with van der Waals surface area (Å²) in [5, 5.41) is 36.5. The zero-order chi connectivity index (χ0) is 30.4. The molecule has 14 nitrogen and oxygen atoms in total. The standard InChI is InChI=1S/C27H26O14/c28-9-10-38-15-21(13-20(30)14-29)39-25(35)18-5-2-6-19(12-18)27(37)41-23(32)8-7-22(31)40-26(36)17-4-1-3-16(11-17)24(33)34/h1-8,11-12,20-21,28-30H,9-10,13-15H2,(H,33,34)/b8-7-. The molecular weight excluding hydrogens is 548 g/mol. The number of ether oxygens (including phenoxy) is 4. The third-order valence-corrected chi connectivity index (χ3v) is 4.98. The molecule has 0 heterocycles. The molecule has 2 aromatic rings. The molecule has 2 rings (SSSR count). The van der Waals surface area contributed by atoms with Crippen LogP contribution in [0.1, 0.15) is 47.9 Å². The molecule has 0 radical (unpaired) electrons. The molecule has 0 bridgehead atoms. The third-order valence-electron chi connectivity index (χ3n) is 4.98. The summed E-state index contributed by atoms with van der Waals surface area (Å²) in [5.74, 6) is -7.19. The predicted molar refractivity (Wildman–Crippen MR) is 135 cm³/mol. The Hall–Kier alpha value is -4.76. The first-order chi connectivity index (χ1) is 19.5. The van der Waals surface area contributed by atoms with Gasteiger partial charge in [-0.15, -0.1) is 0 Å². The van der Waals surface area contributed by atoms with Gasteiger partial charge in [-0.3, -0.25) is 0 Å². The minimum atomic E-state index is -1.31. The number of esters is 5. The van der Waals surface area contributed by atoms with Crippen LogP contribution >= 0.6 is 0 Å². The molecule has 0 aliphatic carbocycles. The van der Waals surface area contributed by atoms with Crippen molar-refractivity contribution < 1.29 is 68.1 Å². The number of rotatable bonds is 14. The number of carbonyl (C=O) groups is 6. The average Bonchev–Trinajstić information content (AvgIpc) is 2.96. The predicted octanol–water partition coefficient (Wildman–Crippen LogP) is 0.286. The monoisotopic (exact) mass is 574 g/mol. The molecule has 0 saturated carbocycles. The van der Waals surface area contributed by atoms with Crippen LogP contribution in [0, 0.1) is 0 Å². The van der Waals surface area contributed by atoms with Gasteiger partial charge < -0.3 is 39.4 Å². The van der Waals surface area contributed by atoms with Crippen molar-refractivity contribution in [3.05, 3.63) is 82.9 Å². The average molecular weight is 574 g/mol. The Morgan fingerprint density at radius 3 is 1.73 bits per heavy atom. The summed E-state index contributed by atoms with van der Waals surface area (Å²) in [6.07, 6.45) is -1.33. The highest BCUT2D eigenvalue weighted by atomic mass is 16.6. The Kier molecular flexibility index (Phi) is 13.0. The van der Waals surface area contributed by atoms with Gasteiger partial charge in [0.25, 0.3) is 0 Å². The van der Waals surface area contributed by atoms with E-state index in [1.807, 2.05) is 0 Å². The molecule has 0 aliphatic heterocycles. The van der Waals surface area contributed by atoms with Crippen molar-refractivity contribution in [2.24, 2.45) is 0 Å². The SMILES string of the molecule is O=C(/C=C\C(=O)OC(=O)c1cccc(C(=O)OC(COCCO)CC(O)CO)c1)OC(=O)c1cccc(C(=O)O)c1. The number of benzene rings is 2. The molecule has 0 saturated heterocycles. The fourth-order valence-corrected chi connectivity index (χ4v) is 3.08. The van der Waals surface area contributed by atoms with Gasteiger partial charge in [-0.2, -0.15) is 0 Å². The van der Waals surface area contributed by atoms with Gasteiger partial charge in [-0.05, 0) is 36.4 Å². The molecule has 4 N–H and O–H groups in total. The van der Waals surface area contributed by atoms with Crippen molar-refractivity contribution in [1.82, 2.24) is 0 Å². The molecule has 0 aromatic heterocycles. The van der Waals surface area contributed by atoms with Crippen LogP contribution in [0.2, 0.25) is 0 Å². The number of aliphatic hydroxyl groups is 3. The summed E-state index contributed by atoms with van der Waals surface area (Å²) in [6, 6.07) is 9.59. The molecule has 218 valence electrons. The highest BCUT2D eigenvalue weighted by Gasteiger charge is 2.22. The second kappa shape index (κ2) is 16.4. The first kappa shape index (κ1) is 32.5. The lowest BCUT2D eigenvalue weighted by molar-refractivity contribution is -0.135. The summed E-state index contributed by atoms with van der Waals surface area (Å²) >= 11 is 0. The van der Waals surface area contributed by atoms with Gasteiger partial charge in [-0.1, -0.05) is 12.1 Å². The van der Waals surface area contributed by atoms with Crippen molar-refractivity contribution in [2.45, 2.75) is 18.6 Å². The Morgan fingerprint density at radius 1 is 0.756 bits per heavy atom. The fraction of sp³-hybridized carbons (Fsp3) is 0.259. The Labute approximate surface area is 232 Å². The quantitative estimate of drug-likeness (QED) is 0.0783. The third kappa shape index (κ3) is 11.1. The number of aliphatic hydroxyl groups excluding tert-OH is 3. The van der Waals surface area contributed by atoms with Crippen LogP contribution in [0.4, 0.5) is 0 Å². The molecular formula is C27H26O14. The molecule has 41 heavy (non-hydrogen) atoms. The van der Waals surface area contributed by atoms with Crippen molar-refractivity contribution in [1.29, 1.82) is 0 Å². The number of hydrogen-bond donors (Lipinski definition) is 4. The normalized spacial score (nSPS) is 12.3. The lowest BCUT2D eigenvalue weighted by Gasteiger charge is -2.20. The van der Waals surface area contributed by atoms with Crippen molar-refractivity contribution in [3.63, 3.8) is 0 Å². The van der Waals surface area contributed by atoms with E-state index in [1.165, 1.54) is 36.4 Å². The maximum atomic E-state index is 12.6. The molecule has 14 heteroatoms. The van der Waals surface area contributed by atoms with Gasteiger partial charge >= 0.3 is 35.8 Å². The number of hydrogen-bond acceptors (Lipinski definition) is 13. The van der Waals surface area contributed by atoms with Crippen molar-refractivity contribution >= 4 is 35.8 Å². The van der Waals surface area contributed by atoms with Crippen LogP contribution in [-0.2, 0) is 28.5 Å². The molecule has 2 atom stereocenters. The van der Waals surface area contributed by atoms with Gasteiger partial charge in [0.05, 0.1) is 54.8 Å². The molecule has 0 spiro atoms. The van der Waals surface area contributed by atoms with E-state index in [-0.39, 0.29) is 48.5 Å². The van der Waals surface area contributed by atoms with E-state index in [0.29, 0.717) is 12.2 Å². The number of aromatic carboxylic acids is 1. The van der Waals surface area contributed by atoms with Crippen molar-refractivity contribution in [3.8, 4) is 0 Å². The number of carboxylic acid groups (broad SMARTS) is 1. The van der Waals surface area contributed by atoms with E-state index in [4.69, 9.17) is 24.8 Å². The Balaban J connectivity index is 1.97. The lowest BCUT2D eigenvalue weighted by atomic mass is 10.1. The van der Waals surface area contributed by atoms with E-state index in [1.54, 1.807) is 0 Å². The maximum Gasteiger partial charge on any atom is 0.346 e. The van der Waals surface area contributed by atoms with Crippen LogP contribution in [0.25, 0.3) is 0 Å². The van der Waals surface area contributed by atoms with E-state index in [9.17, 15) is 33.9 Å². The highest BCUT2D eigenvalue weighted by molar-refractivity contribution is 6.05. The minimum absolute atomic E-state index is 0.0538. The molecule has 0 aliphatic rings. The summed E-state index contributed by atoms with van der Waals surface area (Å²) < 4.78 is 19.5. The molecule has 2 unspecified atom stereocenters. The zero-order valence-corrected chi connectivity index (χ0v) is 21.3. The van der Waals surface area contributed by atoms with Crippen LogP contribution < -0.4 is 0 Å². The van der Waals surface area contributed by atoms with Crippen LogP contribution in [0.3, 0.4) is 0 Å². The van der Waals surface area contributed by atoms with Gasteiger partial charge in [0.15, 0.2) is 0 Å². The summed E-state index contributed by atoms with van der Waals surface area (Å²) in [7, 11) is 0. The van der Waals surface area contributed by atoms with Gasteiger partial charge in [0.2, 0.25) is 0 Å². The van der Waals surface area contributed by atoms with Crippen LogP contribution in [0.15, 0.2) is 60.7 Å². The topological polar surface area (TPSA) is 220 Å². The molecule has 2 aromatic carbocycles. The number of carboxylic acids is 1. The smallest absolute Gasteiger partial charge is 0.346 e. The van der Waals surface area contributed by atoms with Crippen molar-refractivity contribution in [2.75, 3.05) is 26.4 Å². The Morgan fingerprint density at radius 2 is 1.24 bits per heavy atom. The summed E-state index contributed by atoms with van der Waals surface area (Å²) in [6.45, 7) is -1.12. The first-order valence-electron chi connectivity index (χ1n) is 11.9. The highest BCUT2D eigenvalue weighted by Crippen LogP contribution is 2.13. The zero-order valence-electron chi connectivity index (χ0n) is 21.3. The largest absolute Gasteiger partial charge is 0.478 e. The summed E-state index contributed by atoms with van der Waals surface area (Å²) in [4.78, 5) is 71.7. The van der Waals surface area contributed by atoms with Gasteiger partial charge in [-0.25, -0.2) is 28.8 Å². The lowest BCUT2D eigenvalue weighted by Crippen LogP contribution is -2.30. The van der Waals surface area contributed by atoms with Gasteiger partial charge in [0.1, 0.15) is 6.10 Å². The fourth-order valence-electron chi connectivity index (χ4n) is 3.08. The van der Waals surface area contributed by atoms with Crippen LogP contribution in [-0.4, -0.2) is 94.9 Å². The van der Waals surface area contributed by atoms with E-state index >= 15 is 0 Å². The van der Waals surface area contributed by atoms with Gasteiger partial charge in [0, 0.05) is 18.6 Å². The van der Waals surface area contributed by atoms with E-state index < -0.39 is 54.6 Å². The first-order valence-corrected chi connectivity index (χ1v) is 11.9. The van der Waals surface area contributed by atoms with E-state index in [0.717, 1.165) is 12.1 Å².